The maximum absolute atomic E-state index is 12.1. The Bertz CT molecular complexity index is 547. The van der Waals surface area contributed by atoms with Gasteiger partial charge in [-0.3, -0.25) is 4.90 Å². The summed E-state index contributed by atoms with van der Waals surface area (Å²) in [4.78, 5) is 14.6. The zero-order valence-electron chi connectivity index (χ0n) is 15.1. The van der Waals surface area contributed by atoms with E-state index in [9.17, 15) is 9.90 Å². The fourth-order valence-corrected chi connectivity index (χ4v) is 3.98. The summed E-state index contributed by atoms with van der Waals surface area (Å²) in [6.07, 6.45) is 7.85. The molecule has 0 spiro atoms. The van der Waals surface area contributed by atoms with Crippen LogP contribution >= 0.6 is 0 Å². The van der Waals surface area contributed by atoms with Crippen molar-refractivity contribution in [3.05, 3.63) is 35.4 Å². The largest absolute Gasteiger partial charge is 0.394 e. The first-order chi connectivity index (χ1) is 12.2. The maximum atomic E-state index is 12.1. The van der Waals surface area contributed by atoms with Gasteiger partial charge in [0.2, 0.25) is 0 Å². The van der Waals surface area contributed by atoms with Crippen molar-refractivity contribution in [3.8, 4) is 0 Å². The summed E-state index contributed by atoms with van der Waals surface area (Å²) in [5.41, 5.74) is 2.02. The van der Waals surface area contributed by atoms with Gasteiger partial charge in [-0.1, -0.05) is 43.5 Å². The lowest BCUT2D eigenvalue weighted by Crippen LogP contribution is -2.52. The molecular weight excluding hydrogens is 314 g/mol. The second kappa shape index (κ2) is 8.68. The van der Waals surface area contributed by atoms with Crippen molar-refractivity contribution >= 4 is 6.03 Å². The van der Waals surface area contributed by atoms with Crippen molar-refractivity contribution in [2.45, 2.75) is 63.6 Å². The van der Waals surface area contributed by atoms with Gasteiger partial charge in [-0.25, -0.2) is 4.79 Å². The van der Waals surface area contributed by atoms with Gasteiger partial charge >= 0.3 is 6.03 Å². The third-order valence-electron chi connectivity index (χ3n) is 5.57. The Morgan fingerprint density at radius 3 is 2.28 bits per heavy atom. The zero-order valence-corrected chi connectivity index (χ0v) is 15.1. The van der Waals surface area contributed by atoms with Crippen molar-refractivity contribution in [1.82, 2.24) is 15.5 Å². The summed E-state index contributed by atoms with van der Waals surface area (Å²) in [7, 11) is 0. The number of aliphatic hydroxyl groups excluding tert-OH is 1. The Labute approximate surface area is 150 Å². The number of benzene rings is 1. The molecule has 1 aliphatic carbocycles. The van der Waals surface area contributed by atoms with Crippen LogP contribution in [-0.2, 0) is 13.1 Å². The number of hydrogen-bond donors (Lipinski definition) is 3. The molecule has 138 valence electrons. The zero-order chi connectivity index (χ0) is 17.5. The van der Waals surface area contributed by atoms with E-state index in [4.69, 9.17) is 0 Å². The van der Waals surface area contributed by atoms with Crippen LogP contribution in [0.25, 0.3) is 0 Å². The van der Waals surface area contributed by atoms with E-state index < -0.39 is 5.54 Å². The first-order valence-electron chi connectivity index (χ1n) is 9.66. The molecular formula is C20H31N3O2. The fourth-order valence-electron chi connectivity index (χ4n) is 3.98. The molecule has 1 saturated heterocycles. The fraction of sp³-hybridized carbons (Fsp3) is 0.650. The van der Waals surface area contributed by atoms with Crippen LogP contribution in [0.2, 0.25) is 0 Å². The highest BCUT2D eigenvalue weighted by Gasteiger charge is 2.34. The Hall–Kier alpha value is -1.59. The monoisotopic (exact) mass is 345 g/mol. The number of carbonyl (C=O) groups excluding carboxylic acids is 1. The molecule has 0 radical (unpaired) electrons. The topological polar surface area (TPSA) is 64.6 Å². The van der Waals surface area contributed by atoms with Gasteiger partial charge in [-0.05, 0) is 49.9 Å². The van der Waals surface area contributed by atoms with Crippen LogP contribution < -0.4 is 10.6 Å². The SMILES string of the molecule is O=C(NCc1ccc(CN2CCCCC2)cc1)NC1(CO)CCCC1. The third kappa shape index (κ3) is 5.19. The summed E-state index contributed by atoms with van der Waals surface area (Å²) in [5, 5.41) is 15.5. The normalized spacial score (nSPS) is 20.4. The predicted octanol–water partition coefficient (Wildman–Crippen LogP) is 2.78. The highest BCUT2D eigenvalue weighted by atomic mass is 16.3. The lowest BCUT2D eigenvalue weighted by molar-refractivity contribution is 0.163. The third-order valence-corrected chi connectivity index (χ3v) is 5.57. The molecule has 1 aromatic rings. The number of aliphatic hydroxyl groups is 1. The van der Waals surface area contributed by atoms with Crippen molar-refractivity contribution in [3.63, 3.8) is 0 Å². The molecule has 2 aliphatic rings. The van der Waals surface area contributed by atoms with E-state index in [1.54, 1.807) is 0 Å². The summed E-state index contributed by atoms with van der Waals surface area (Å²) in [5.74, 6) is 0. The molecule has 3 rings (SSSR count). The van der Waals surface area contributed by atoms with E-state index in [0.717, 1.165) is 37.8 Å². The van der Waals surface area contributed by atoms with Crippen LogP contribution in [0.15, 0.2) is 24.3 Å². The van der Waals surface area contributed by atoms with Crippen LogP contribution in [0.1, 0.15) is 56.1 Å². The van der Waals surface area contributed by atoms with E-state index in [-0.39, 0.29) is 12.6 Å². The molecule has 3 N–H and O–H groups in total. The second-order valence-corrected chi connectivity index (χ2v) is 7.61. The Morgan fingerprint density at radius 1 is 1.00 bits per heavy atom. The molecule has 0 atom stereocenters. The van der Waals surface area contributed by atoms with Crippen LogP contribution in [0.5, 0.6) is 0 Å². The van der Waals surface area contributed by atoms with E-state index in [2.05, 4.69) is 39.8 Å². The number of piperidine rings is 1. The average Bonchev–Trinajstić information content (AvgIpc) is 3.11. The Morgan fingerprint density at radius 2 is 1.64 bits per heavy atom. The lowest BCUT2D eigenvalue weighted by atomic mass is 9.99. The van der Waals surface area contributed by atoms with E-state index in [1.165, 1.54) is 37.9 Å². The van der Waals surface area contributed by atoms with E-state index in [1.807, 2.05) is 0 Å². The smallest absolute Gasteiger partial charge is 0.315 e. The molecule has 0 bridgehead atoms. The minimum Gasteiger partial charge on any atom is -0.394 e. The highest BCUT2D eigenvalue weighted by molar-refractivity contribution is 5.74. The molecule has 1 heterocycles. The highest BCUT2D eigenvalue weighted by Crippen LogP contribution is 2.28. The molecule has 0 unspecified atom stereocenters. The molecule has 5 nitrogen and oxygen atoms in total. The number of hydrogen-bond acceptors (Lipinski definition) is 3. The Kier molecular flexibility index (Phi) is 6.32. The first kappa shape index (κ1) is 18.2. The van der Waals surface area contributed by atoms with Crippen LogP contribution in [0, 0.1) is 0 Å². The second-order valence-electron chi connectivity index (χ2n) is 7.61. The van der Waals surface area contributed by atoms with Gasteiger partial charge in [0.1, 0.15) is 0 Å². The summed E-state index contributed by atoms with van der Waals surface area (Å²) in [6, 6.07) is 8.33. The number of rotatable bonds is 6. The number of nitrogens with zero attached hydrogens (tertiary/aromatic N) is 1. The molecule has 0 aromatic heterocycles. The van der Waals surface area contributed by atoms with Crippen molar-refractivity contribution in [1.29, 1.82) is 0 Å². The quantitative estimate of drug-likeness (QED) is 0.743. The summed E-state index contributed by atoms with van der Waals surface area (Å²) >= 11 is 0. The van der Waals surface area contributed by atoms with Crippen LogP contribution in [0.4, 0.5) is 4.79 Å². The summed E-state index contributed by atoms with van der Waals surface area (Å²) in [6.45, 7) is 3.96. The van der Waals surface area contributed by atoms with Crippen molar-refractivity contribution in [2.24, 2.45) is 0 Å². The average molecular weight is 345 g/mol. The van der Waals surface area contributed by atoms with E-state index >= 15 is 0 Å². The number of nitrogens with one attached hydrogen (secondary N) is 2. The van der Waals surface area contributed by atoms with Gasteiger partial charge in [-0.2, -0.15) is 0 Å². The van der Waals surface area contributed by atoms with Crippen LogP contribution in [0.3, 0.4) is 0 Å². The Balaban J connectivity index is 1.44. The molecule has 2 fully saturated rings. The van der Waals surface area contributed by atoms with Crippen LogP contribution in [-0.4, -0.2) is 41.3 Å². The molecule has 5 heteroatoms. The lowest BCUT2D eigenvalue weighted by Gasteiger charge is -2.28. The van der Waals surface area contributed by atoms with Crippen molar-refractivity contribution in [2.75, 3.05) is 19.7 Å². The van der Waals surface area contributed by atoms with Gasteiger partial charge < -0.3 is 15.7 Å². The number of amides is 2. The van der Waals surface area contributed by atoms with Gasteiger partial charge in [0.15, 0.2) is 0 Å². The van der Waals surface area contributed by atoms with E-state index in [0.29, 0.717) is 6.54 Å². The first-order valence-corrected chi connectivity index (χ1v) is 9.66. The molecule has 25 heavy (non-hydrogen) atoms. The van der Waals surface area contributed by atoms with Gasteiger partial charge in [0.25, 0.3) is 0 Å². The molecule has 2 amide bonds. The standard InChI is InChI=1S/C20H31N3O2/c24-16-20(10-2-3-11-20)22-19(25)21-14-17-6-8-18(9-7-17)15-23-12-4-1-5-13-23/h6-9,24H,1-5,10-16H2,(H2,21,22,25). The number of carbonyl (C=O) groups is 1. The number of urea groups is 1. The summed E-state index contributed by atoms with van der Waals surface area (Å²) < 4.78 is 0. The molecule has 1 saturated carbocycles. The predicted molar refractivity (Wildman–Crippen MR) is 99.2 cm³/mol. The maximum Gasteiger partial charge on any atom is 0.315 e. The number of likely N-dealkylation sites (tertiary alicyclic amines) is 1. The van der Waals surface area contributed by atoms with Crippen molar-refractivity contribution < 1.29 is 9.90 Å². The molecule has 1 aliphatic heterocycles. The molecule has 1 aromatic carbocycles. The minimum atomic E-state index is -0.414. The minimum absolute atomic E-state index is 0.0195. The van der Waals surface area contributed by atoms with Gasteiger partial charge in [-0.15, -0.1) is 0 Å². The van der Waals surface area contributed by atoms with Gasteiger partial charge in [0.05, 0.1) is 12.1 Å². The van der Waals surface area contributed by atoms with Gasteiger partial charge in [0, 0.05) is 13.1 Å².